The molecular formula is C19H28N4O3S. The molecule has 0 spiro atoms. The molecule has 0 bridgehead atoms. The van der Waals surface area contributed by atoms with Gasteiger partial charge in [0.05, 0.1) is 4.88 Å². The molecule has 0 aromatic carbocycles. The predicted molar refractivity (Wildman–Crippen MR) is 105 cm³/mol. The van der Waals surface area contributed by atoms with Crippen molar-refractivity contribution >= 4 is 29.1 Å². The average molecular weight is 393 g/mol. The van der Waals surface area contributed by atoms with Gasteiger partial charge in [-0.2, -0.15) is 0 Å². The van der Waals surface area contributed by atoms with E-state index >= 15 is 0 Å². The number of hydrogen-bond donors (Lipinski definition) is 1. The summed E-state index contributed by atoms with van der Waals surface area (Å²) in [5.74, 6) is 0.325. The Morgan fingerprint density at radius 2 is 1.78 bits per heavy atom. The minimum Gasteiger partial charge on any atom is -0.355 e. The Hall–Kier alpha value is -1.93. The zero-order chi connectivity index (χ0) is 19.2. The van der Waals surface area contributed by atoms with Gasteiger partial charge in [0, 0.05) is 65.2 Å². The largest absolute Gasteiger partial charge is 0.355 e. The van der Waals surface area contributed by atoms with Crippen LogP contribution in [0.1, 0.15) is 29.4 Å². The van der Waals surface area contributed by atoms with Crippen LogP contribution in [0.5, 0.6) is 0 Å². The molecule has 0 atom stereocenters. The zero-order valence-electron chi connectivity index (χ0n) is 15.9. The Kier molecular flexibility index (Phi) is 6.84. The Bertz CT molecular complexity index is 648. The second-order valence-electron chi connectivity index (χ2n) is 7.18. The summed E-state index contributed by atoms with van der Waals surface area (Å²) in [6.07, 6.45) is 1.49. The van der Waals surface area contributed by atoms with Gasteiger partial charge in [0.25, 0.3) is 5.91 Å². The Labute approximate surface area is 164 Å². The predicted octanol–water partition coefficient (Wildman–Crippen LogP) is 0.881. The van der Waals surface area contributed by atoms with Gasteiger partial charge >= 0.3 is 0 Å². The summed E-state index contributed by atoms with van der Waals surface area (Å²) < 4.78 is 0. The first-order chi connectivity index (χ1) is 13.0. The average Bonchev–Trinajstić information content (AvgIpc) is 3.23. The Balaban J connectivity index is 1.32. The molecule has 7 nitrogen and oxygen atoms in total. The van der Waals surface area contributed by atoms with E-state index in [1.54, 1.807) is 11.8 Å². The first-order valence-corrected chi connectivity index (χ1v) is 10.5. The summed E-state index contributed by atoms with van der Waals surface area (Å²) in [5.41, 5.74) is 0. The molecule has 2 aliphatic heterocycles. The van der Waals surface area contributed by atoms with Crippen molar-refractivity contribution in [3.05, 3.63) is 22.4 Å². The molecule has 8 heteroatoms. The van der Waals surface area contributed by atoms with Crippen LogP contribution < -0.4 is 5.32 Å². The topological polar surface area (TPSA) is 73.0 Å². The molecule has 27 heavy (non-hydrogen) atoms. The van der Waals surface area contributed by atoms with E-state index in [2.05, 4.69) is 10.2 Å². The molecule has 0 radical (unpaired) electrons. The zero-order valence-corrected chi connectivity index (χ0v) is 16.7. The number of nitrogens with zero attached hydrogens (tertiary/aromatic N) is 3. The number of rotatable bonds is 5. The number of amides is 3. The minimum absolute atomic E-state index is 0.0147. The fraction of sp³-hybridized carbons (Fsp3) is 0.632. The number of nitrogens with one attached hydrogen (secondary N) is 1. The molecule has 1 aromatic heterocycles. The number of piperazine rings is 1. The lowest BCUT2D eigenvalue weighted by molar-refractivity contribution is -0.133. The summed E-state index contributed by atoms with van der Waals surface area (Å²) in [4.78, 5) is 42.8. The normalized spacial score (nSPS) is 19.1. The second-order valence-corrected chi connectivity index (χ2v) is 8.13. The lowest BCUT2D eigenvalue weighted by atomic mass is 9.96. The van der Waals surface area contributed by atoms with Crippen molar-refractivity contribution in [3.8, 4) is 0 Å². The Morgan fingerprint density at radius 1 is 1.07 bits per heavy atom. The van der Waals surface area contributed by atoms with Crippen LogP contribution in [-0.2, 0) is 9.59 Å². The molecular weight excluding hydrogens is 364 g/mol. The number of hydrogen-bond acceptors (Lipinski definition) is 5. The van der Waals surface area contributed by atoms with Crippen LogP contribution in [0.25, 0.3) is 0 Å². The third-order valence-electron chi connectivity index (χ3n) is 5.43. The highest BCUT2D eigenvalue weighted by atomic mass is 32.1. The lowest BCUT2D eigenvalue weighted by Crippen LogP contribution is -2.50. The first-order valence-electron chi connectivity index (χ1n) is 9.63. The van der Waals surface area contributed by atoms with Crippen molar-refractivity contribution in [1.29, 1.82) is 0 Å². The number of carbonyl (C=O) groups excluding carboxylic acids is 3. The summed E-state index contributed by atoms with van der Waals surface area (Å²) in [6.45, 7) is 7.50. The molecule has 0 saturated carbocycles. The molecule has 148 valence electrons. The quantitative estimate of drug-likeness (QED) is 0.807. The lowest BCUT2D eigenvalue weighted by Gasteiger charge is -2.34. The van der Waals surface area contributed by atoms with Crippen LogP contribution in [0.3, 0.4) is 0 Å². The molecule has 1 N–H and O–H groups in total. The summed E-state index contributed by atoms with van der Waals surface area (Å²) >= 11 is 1.48. The van der Waals surface area contributed by atoms with Crippen LogP contribution in [0.4, 0.5) is 0 Å². The van der Waals surface area contributed by atoms with Crippen LogP contribution in [0.15, 0.2) is 17.5 Å². The van der Waals surface area contributed by atoms with Crippen LogP contribution in [0, 0.1) is 5.92 Å². The second kappa shape index (κ2) is 9.32. The van der Waals surface area contributed by atoms with Gasteiger partial charge in [0.2, 0.25) is 11.8 Å². The molecule has 0 aliphatic carbocycles. The monoisotopic (exact) mass is 392 g/mol. The van der Waals surface area contributed by atoms with Gasteiger partial charge in [-0.05, 0) is 24.3 Å². The van der Waals surface area contributed by atoms with E-state index in [1.807, 2.05) is 22.4 Å². The number of likely N-dealkylation sites (tertiary alicyclic amines) is 1. The number of thiophene rings is 1. The van der Waals surface area contributed by atoms with Crippen molar-refractivity contribution in [3.63, 3.8) is 0 Å². The first kappa shape index (κ1) is 19.8. The maximum Gasteiger partial charge on any atom is 0.264 e. The van der Waals surface area contributed by atoms with Crippen molar-refractivity contribution in [2.45, 2.75) is 19.8 Å². The van der Waals surface area contributed by atoms with Crippen molar-refractivity contribution in [2.24, 2.45) is 5.92 Å². The molecule has 0 unspecified atom stereocenters. The highest BCUT2D eigenvalue weighted by molar-refractivity contribution is 7.12. The number of carbonyl (C=O) groups is 3. The summed E-state index contributed by atoms with van der Waals surface area (Å²) in [5, 5.41) is 4.96. The van der Waals surface area contributed by atoms with Crippen molar-refractivity contribution < 1.29 is 14.4 Å². The molecule has 3 amide bonds. The summed E-state index contributed by atoms with van der Waals surface area (Å²) in [6, 6.07) is 3.77. The van der Waals surface area contributed by atoms with Gasteiger partial charge in [-0.25, -0.2) is 0 Å². The highest BCUT2D eigenvalue weighted by Crippen LogP contribution is 2.17. The van der Waals surface area contributed by atoms with E-state index in [9.17, 15) is 14.4 Å². The van der Waals surface area contributed by atoms with Crippen LogP contribution in [0.2, 0.25) is 0 Å². The number of piperidine rings is 1. The van der Waals surface area contributed by atoms with E-state index < -0.39 is 0 Å². The van der Waals surface area contributed by atoms with E-state index in [-0.39, 0.29) is 23.6 Å². The van der Waals surface area contributed by atoms with Gasteiger partial charge in [-0.1, -0.05) is 6.07 Å². The van der Waals surface area contributed by atoms with E-state index in [1.165, 1.54) is 11.3 Å². The van der Waals surface area contributed by atoms with Gasteiger partial charge < -0.3 is 15.1 Å². The Morgan fingerprint density at radius 3 is 2.37 bits per heavy atom. The fourth-order valence-electron chi connectivity index (χ4n) is 3.67. The fourth-order valence-corrected chi connectivity index (χ4v) is 4.36. The highest BCUT2D eigenvalue weighted by Gasteiger charge is 2.26. The standard InChI is InChI=1S/C19H28N4O3S/c1-15(24)22-7-4-16(5-8-22)18(25)20-6-9-21-10-12-23(13-11-21)19(26)17-3-2-14-27-17/h2-3,14,16H,4-13H2,1H3,(H,20,25). The van der Waals surface area contributed by atoms with Gasteiger partial charge in [-0.15, -0.1) is 11.3 Å². The molecule has 2 fully saturated rings. The van der Waals surface area contributed by atoms with Gasteiger partial charge in [0.1, 0.15) is 0 Å². The molecule has 3 rings (SSSR count). The molecule has 2 saturated heterocycles. The third kappa shape index (κ3) is 5.29. The third-order valence-corrected chi connectivity index (χ3v) is 6.29. The molecule has 3 heterocycles. The molecule has 1 aromatic rings. The van der Waals surface area contributed by atoms with Gasteiger partial charge in [-0.3, -0.25) is 19.3 Å². The molecule has 2 aliphatic rings. The van der Waals surface area contributed by atoms with E-state index in [0.717, 1.165) is 50.4 Å². The van der Waals surface area contributed by atoms with E-state index in [4.69, 9.17) is 0 Å². The minimum atomic E-state index is 0.0147. The van der Waals surface area contributed by atoms with Gasteiger partial charge in [0.15, 0.2) is 0 Å². The summed E-state index contributed by atoms with van der Waals surface area (Å²) in [7, 11) is 0. The van der Waals surface area contributed by atoms with E-state index in [0.29, 0.717) is 19.6 Å². The maximum atomic E-state index is 12.3. The van der Waals surface area contributed by atoms with Crippen molar-refractivity contribution in [1.82, 2.24) is 20.0 Å². The van der Waals surface area contributed by atoms with Crippen LogP contribution >= 0.6 is 11.3 Å². The maximum absolute atomic E-state index is 12.3. The SMILES string of the molecule is CC(=O)N1CCC(C(=O)NCCN2CCN(C(=O)c3cccs3)CC2)CC1. The van der Waals surface area contributed by atoms with Crippen LogP contribution in [-0.4, -0.2) is 84.8 Å². The van der Waals surface area contributed by atoms with Crippen molar-refractivity contribution in [2.75, 3.05) is 52.4 Å². The smallest absolute Gasteiger partial charge is 0.264 e.